The van der Waals surface area contributed by atoms with Crippen molar-refractivity contribution in [1.82, 2.24) is 29.6 Å². The highest BCUT2D eigenvalue weighted by molar-refractivity contribution is 6.08. The van der Waals surface area contributed by atoms with Crippen molar-refractivity contribution in [3.05, 3.63) is 84.0 Å². The maximum Gasteiger partial charge on any atom is 0.254 e. The fourth-order valence-corrected chi connectivity index (χ4v) is 4.57. The molecule has 11 nitrogen and oxygen atoms in total. The molecular weight excluding hydrogens is 527 g/mol. The molecule has 0 atom stereocenters. The third-order valence-corrected chi connectivity index (χ3v) is 6.58. The zero-order valence-corrected chi connectivity index (χ0v) is 22.9. The van der Waals surface area contributed by atoms with E-state index >= 15 is 4.39 Å². The molecule has 0 saturated heterocycles. The standard InChI is InChI=1S/C29H27FN8O3/c1-15(2)28(39)35-19-10-11-20(21(30)12-19)25-23(24-26(31)32-14-33-27(24)38(25)5)17-6-8-18(9-7-17)29(40)37(4)13-22-34-16(3)36-41-22/h6-12,14H,1,13H2,2-5H3,(H,35,39)(H2,31,32,33). The summed E-state index contributed by atoms with van der Waals surface area (Å²) in [4.78, 5) is 39.3. The zero-order chi connectivity index (χ0) is 29.4. The number of nitrogen functional groups attached to an aromatic ring is 1. The van der Waals surface area contributed by atoms with Crippen LogP contribution in [0.1, 0.15) is 29.0 Å². The van der Waals surface area contributed by atoms with Gasteiger partial charge >= 0.3 is 0 Å². The Morgan fingerprint density at radius 1 is 1.17 bits per heavy atom. The molecule has 3 aromatic heterocycles. The molecule has 2 aromatic carbocycles. The Hall–Kier alpha value is -5.39. The molecule has 208 valence electrons. The van der Waals surface area contributed by atoms with E-state index in [0.29, 0.717) is 56.4 Å². The van der Waals surface area contributed by atoms with Crippen molar-refractivity contribution in [2.24, 2.45) is 7.05 Å². The Labute approximate surface area is 234 Å². The van der Waals surface area contributed by atoms with Crippen LogP contribution in [0, 0.1) is 12.7 Å². The predicted molar refractivity (Wildman–Crippen MR) is 152 cm³/mol. The van der Waals surface area contributed by atoms with Gasteiger partial charge in [0.15, 0.2) is 5.82 Å². The quantitative estimate of drug-likeness (QED) is 0.280. The molecule has 0 aliphatic heterocycles. The number of aromatic nitrogens is 5. The molecule has 5 rings (SSSR count). The van der Waals surface area contributed by atoms with Gasteiger partial charge in [-0.3, -0.25) is 9.59 Å². The van der Waals surface area contributed by atoms with Crippen LogP contribution < -0.4 is 11.1 Å². The Morgan fingerprint density at radius 3 is 2.54 bits per heavy atom. The summed E-state index contributed by atoms with van der Waals surface area (Å²) in [5, 5.41) is 6.92. The number of anilines is 2. The SMILES string of the molecule is C=C(C)C(=O)Nc1ccc(-c2c(-c3ccc(C(=O)N(C)Cc4nc(C)no4)cc3)c3c(N)ncnc3n2C)c(F)c1. The summed E-state index contributed by atoms with van der Waals surface area (Å²) >= 11 is 0. The molecule has 0 unspecified atom stereocenters. The van der Waals surface area contributed by atoms with Gasteiger partial charge in [-0.15, -0.1) is 0 Å². The molecule has 5 aromatic rings. The van der Waals surface area contributed by atoms with E-state index in [4.69, 9.17) is 10.3 Å². The van der Waals surface area contributed by atoms with Gasteiger partial charge < -0.3 is 25.0 Å². The summed E-state index contributed by atoms with van der Waals surface area (Å²) in [5.41, 5.74) is 9.89. The van der Waals surface area contributed by atoms with E-state index in [-0.39, 0.29) is 23.8 Å². The maximum atomic E-state index is 15.6. The lowest BCUT2D eigenvalue weighted by atomic mass is 9.97. The first-order chi connectivity index (χ1) is 19.5. The van der Waals surface area contributed by atoms with Crippen molar-refractivity contribution >= 4 is 34.4 Å². The lowest BCUT2D eigenvalue weighted by Crippen LogP contribution is -2.26. The minimum absolute atomic E-state index is 0.158. The van der Waals surface area contributed by atoms with Crippen molar-refractivity contribution in [2.45, 2.75) is 20.4 Å². The highest BCUT2D eigenvalue weighted by Gasteiger charge is 2.24. The van der Waals surface area contributed by atoms with Gasteiger partial charge in [-0.1, -0.05) is 23.9 Å². The molecule has 0 aliphatic rings. The van der Waals surface area contributed by atoms with Crippen LogP contribution in [0.25, 0.3) is 33.4 Å². The molecule has 0 radical (unpaired) electrons. The second kappa shape index (κ2) is 10.6. The van der Waals surface area contributed by atoms with Crippen LogP contribution in [0.5, 0.6) is 0 Å². The molecular formula is C29H27FN8O3. The largest absolute Gasteiger partial charge is 0.383 e. The van der Waals surface area contributed by atoms with Crippen LogP contribution in [0.2, 0.25) is 0 Å². The number of carbonyl (C=O) groups excluding carboxylic acids is 2. The summed E-state index contributed by atoms with van der Waals surface area (Å²) < 4.78 is 22.5. The Balaban J connectivity index is 1.56. The number of nitrogens with zero attached hydrogens (tertiary/aromatic N) is 6. The second-order valence-electron chi connectivity index (χ2n) is 9.64. The first kappa shape index (κ1) is 27.2. The van der Waals surface area contributed by atoms with Gasteiger partial charge in [-0.05, 0) is 49.7 Å². The fourth-order valence-electron chi connectivity index (χ4n) is 4.57. The number of fused-ring (bicyclic) bond motifs is 1. The Morgan fingerprint density at radius 2 is 1.90 bits per heavy atom. The van der Waals surface area contributed by atoms with Crippen LogP contribution >= 0.6 is 0 Å². The molecule has 0 bridgehead atoms. The number of nitrogens with one attached hydrogen (secondary N) is 1. The molecule has 3 heterocycles. The Bertz CT molecular complexity index is 1820. The van der Waals surface area contributed by atoms with Gasteiger partial charge in [-0.2, -0.15) is 4.98 Å². The average Bonchev–Trinajstić information content (AvgIpc) is 3.49. The molecule has 0 fully saturated rings. The molecule has 2 amide bonds. The summed E-state index contributed by atoms with van der Waals surface area (Å²) in [5.74, 6) is -0.162. The minimum Gasteiger partial charge on any atom is -0.383 e. The van der Waals surface area contributed by atoms with Crippen LogP contribution in [0.3, 0.4) is 0 Å². The molecule has 0 aliphatic carbocycles. The van der Waals surface area contributed by atoms with Crippen LogP contribution in [-0.4, -0.2) is 48.4 Å². The number of nitrogens with two attached hydrogens (primary N) is 1. The van der Waals surface area contributed by atoms with E-state index in [2.05, 4.69) is 32.0 Å². The molecule has 0 saturated carbocycles. The summed E-state index contributed by atoms with van der Waals surface area (Å²) in [7, 11) is 3.40. The number of hydrogen-bond donors (Lipinski definition) is 2. The summed E-state index contributed by atoms with van der Waals surface area (Å²) in [6.45, 7) is 7.04. The number of halogens is 1. The number of amides is 2. The van der Waals surface area contributed by atoms with Crippen molar-refractivity contribution in [3.63, 3.8) is 0 Å². The van der Waals surface area contributed by atoms with E-state index in [0.717, 1.165) is 0 Å². The van der Waals surface area contributed by atoms with Crippen molar-refractivity contribution < 1.29 is 18.5 Å². The van der Waals surface area contributed by atoms with Gasteiger partial charge in [0.05, 0.1) is 17.6 Å². The van der Waals surface area contributed by atoms with Gasteiger partial charge in [0.1, 0.15) is 23.6 Å². The first-order valence-electron chi connectivity index (χ1n) is 12.6. The number of benzene rings is 2. The smallest absolute Gasteiger partial charge is 0.254 e. The topological polar surface area (TPSA) is 145 Å². The van der Waals surface area contributed by atoms with E-state index in [1.807, 2.05) is 0 Å². The Kier molecular flexibility index (Phi) is 7.06. The first-order valence-corrected chi connectivity index (χ1v) is 12.6. The summed E-state index contributed by atoms with van der Waals surface area (Å²) in [6.07, 6.45) is 1.35. The lowest BCUT2D eigenvalue weighted by Gasteiger charge is -2.15. The van der Waals surface area contributed by atoms with Crippen molar-refractivity contribution in [2.75, 3.05) is 18.1 Å². The van der Waals surface area contributed by atoms with E-state index < -0.39 is 11.7 Å². The summed E-state index contributed by atoms with van der Waals surface area (Å²) in [6, 6.07) is 11.3. The van der Waals surface area contributed by atoms with Crippen LogP contribution in [-0.2, 0) is 18.4 Å². The number of carbonyl (C=O) groups is 2. The monoisotopic (exact) mass is 554 g/mol. The van der Waals surface area contributed by atoms with Gasteiger partial charge in [-0.25, -0.2) is 14.4 Å². The second-order valence-corrected chi connectivity index (χ2v) is 9.64. The minimum atomic E-state index is -0.562. The van der Waals surface area contributed by atoms with Gasteiger partial charge in [0.25, 0.3) is 11.8 Å². The molecule has 0 spiro atoms. The number of hydrogen-bond acceptors (Lipinski definition) is 8. The maximum absolute atomic E-state index is 15.6. The van der Waals surface area contributed by atoms with E-state index in [9.17, 15) is 9.59 Å². The van der Waals surface area contributed by atoms with Crippen LogP contribution in [0.15, 0.2) is 65.5 Å². The fraction of sp³-hybridized carbons (Fsp3) is 0.172. The van der Waals surface area contributed by atoms with E-state index in [1.165, 1.54) is 17.3 Å². The number of rotatable bonds is 7. The number of aryl methyl sites for hydroxylation is 2. The molecule has 3 N–H and O–H groups in total. The third-order valence-electron chi connectivity index (χ3n) is 6.58. The highest BCUT2D eigenvalue weighted by Crippen LogP contribution is 2.42. The van der Waals surface area contributed by atoms with Crippen LogP contribution in [0.4, 0.5) is 15.9 Å². The van der Waals surface area contributed by atoms with Crippen molar-refractivity contribution in [1.29, 1.82) is 0 Å². The zero-order valence-electron chi connectivity index (χ0n) is 22.9. The predicted octanol–water partition coefficient (Wildman–Crippen LogP) is 4.50. The molecule has 41 heavy (non-hydrogen) atoms. The van der Waals surface area contributed by atoms with E-state index in [1.54, 1.807) is 68.9 Å². The lowest BCUT2D eigenvalue weighted by molar-refractivity contribution is -0.112. The highest BCUT2D eigenvalue weighted by atomic mass is 19.1. The normalized spacial score (nSPS) is 11.0. The van der Waals surface area contributed by atoms with Gasteiger partial charge in [0.2, 0.25) is 5.89 Å². The molecule has 12 heteroatoms. The van der Waals surface area contributed by atoms with Gasteiger partial charge in [0, 0.05) is 42.0 Å². The average molecular weight is 555 g/mol. The third kappa shape index (κ3) is 5.14. The van der Waals surface area contributed by atoms with Crippen molar-refractivity contribution in [3.8, 4) is 22.4 Å².